The van der Waals surface area contributed by atoms with E-state index in [0.29, 0.717) is 5.88 Å². The number of hydrogen-bond acceptors (Lipinski definition) is 2. The zero-order valence-corrected chi connectivity index (χ0v) is 12.1. The molecule has 0 saturated heterocycles. The van der Waals surface area contributed by atoms with E-state index in [0.717, 1.165) is 29.7 Å². The van der Waals surface area contributed by atoms with Gasteiger partial charge < -0.3 is 5.11 Å². The Morgan fingerprint density at radius 2 is 1.84 bits per heavy atom. The van der Waals surface area contributed by atoms with Crippen LogP contribution in [0.2, 0.25) is 0 Å². The van der Waals surface area contributed by atoms with Crippen LogP contribution in [0.4, 0.5) is 0 Å². The van der Waals surface area contributed by atoms with E-state index in [1.807, 2.05) is 13.8 Å². The summed E-state index contributed by atoms with van der Waals surface area (Å²) in [7, 11) is 0. The lowest BCUT2D eigenvalue weighted by atomic mass is 10.0. The highest BCUT2D eigenvalue weighted by atomic mass is 16.3. The molecule has 0 aliphatic carbocycles. The van der Waals surface area contributed by atoms with Crippen molar-refractivity contribution in [3.8, 4) is 17.1 Å². The van der Waals surface area contributed by atoms with Gasteiger partial charge >= 0.3 is 0 Å². The number of rotatable bonds is 4. The Morgan fingerprint density at radius 3 is 2.37 bits per heavy atom. The second-order valence-electron chi connectivity index (χ2n) is 5.31. The molecule has 0 bridgehead atoms. The maximum atomic E-state index is 10.3. The van der Waals surface area contributed by atoms with Gasteiger partial charge in [-0.1, -0.05) is 43.2 Å². The summed E-state index contributed by atoms with van der Waals surface area (Å²) in [6.45, 7) is 8.24. The first-order valence-electron chi connectivity index (χ1n) is 6.92. The van der Waals surface area contributed by atoms with Gasteiger partial charge in [0.15, 0.2) is 0 Å². The number of aromatic nitrogens is 2. The Labute approximate surface area is 114 Å². The van der Waals surface area contributed by atoms with Gasteiger partial charge in [-0.15, -0.1) is 0 Å². The fraction of sp³-hybridized carbons (Fsp3) is 0.438. The summed E-state index contributed by atoms with van der Waals surface area (Å²) in [5.41, 5.74) is 4.17. The van der Waals surface area contributed by atoms with E-state index in [9.17, 15) is 5.11 Å². The van der Waals surface area contributed by atoms with Crippen LogP contribution in [0.15, 0.2) is 24.3 Å². The van der Waals surface area contributed by atoms with Gasteiger partial charge in [0.1, 0.15) is 0 Å². The number of benzene rings is 1. The largest absolute Gasteiger partial charge is 0.493 e. The molecule has 1 aromatic carbocycles. The number of aromatic hydroxyl groups is 1. The van der Waals surface area contributed by atoms with Crippen molar-refractivity contribution in [2.75, 3.05) is 0 Å². The molecule has 0 radical (unpaired) electrons. The smallest absolute Gasteiger partial charge is 0.213 e. The molecule has 3 nitrogen and oxygen atoms in total. The van der Waals surface area contributed by atoms with Crippen molar-refractivity contribution in [2.24, 2.45) is 0 Å². The van der Waals surface area contributed by atoms with Gasteiger partial charge in [0, 0.05) is 11.1 Å². The van der Waals surface area contributed by atoms with E-state index in [1.165, 1.54) is 5.56 Å². The quantitative estimate of drug-likeness (QED) is 0.896. The van der Waals surface area contributed by atoms with E-state index in [1.54, 1.807) is 4.68 Å². The molecule has 0 aliphatic rings. The molecule has 0 spiro atoms. The summed E-state index contributed by atoms with van der Waals surface area (Å²) in [6, 6.07) is 8.46. The minimum atomic E-state index is 0.162. The molecule has 19 heavy (non-hydrogen) atoms. The highest BCUT2D eigenvalue weighted by molar-refractivity contribution is 5.65. The second-order valence-corrected chi connectivity index (χ2v) is 5.31. The van der Waals surface area contributed by atoms with Crippen LogP contribution in [0.25, 0.3) is 11.3 Å². The van der Waals surface area contributed by atoms with Crippen LogP contribution in [0.3, 0.4) is 0 Å². The Kier molecular flexibility index (Phi) is 3.93. The standard InChI is InChI=1S/C16H22N2O/c1-5-6-14-15(13-9-7-12(4)8-10-13)17-18(11(2)3)16(14)19/h7-11,19H,5-6H2,1-4H3. The summed E-state index contributed by atoms with van der Waals surface area (Å²) in [4.78, 5) is 0. The van der Waals surface area contributed by atoms with Crippen LogP contribution in [-0.4, -0.2) is 14.9 Å². The SMILES string of the molecule is CCCc1c(-c2ccc(C)cc2)nn(C(C)C)c1O. The van der Waals surface area contributed by atoms with Crippen molar-refractivity contribution in [1.29, 1.82) is 0 Å². The van der Waals surface area contributed by atoms with Crippen molar-refractivity contribution in [3.05, 3.63) is 35.4 Å². The average molecular weight is 258 g/mol. The summed E-state index contributed by atoms with van der Waals surface area (Å²) in [5, 5.41) is 14.9. The fourth-order valence-corrected chi connectivity index (χ4v) is 2.24. The van der Waals surface area contributed by atoms with E-state index in [-0.39, 0.29) is 6.04 Å². The molecular formula is C16H22N2O. The van der Waals surface area contributed by atoms with Crippen LogP contribution >= 0.6 is 0 Å². The number of nitrogens with zero attached hydrogens (tertiary/aromatic N) is 2. The topological polar surface area (TPSA) is 38.0 Å². The van der Waals surface area contributed by atoms with E-state index in [4.69, 9.17) is 0 Å². The minimum absolute atomic E-state index is 0.162. The molecule has 102 valence electrons. The summed E-state index contributed by atoms with van der Waals surface area (Å²) < 4.78 is 1.71. The highest BCUT2D eigenvalue weighted by Gasteiger charge is 2.19. The third kappa shape index (κ3) is 2.65. The van der Waals surface area contributed by atoms with Crippen molar-refractivity contribution >= 4 is 0 Å². The van der Waals surface area contributed by atoms with Gasteiger partial charge in [0.05, 0.1) is 11.7 Å². The van der Waals surface area contributed by atoms with Gasteiger partial charge in [0.2, 0.25) is 5.88 Å². The second kappa shape index (κ2) is 5.47. The lowest BCUT2D eigenvalue weighted by molar-refractivity contribution is 0.373. The van der Waals surface area contributed by atoms with Crippen molar-refractivity contribution in [3.63, 3.8) is 0 Å². The highest BCUT2D eigenvalue weighted by Crippen LogP contribution is 2.32. The Bertz CT molecular complexity index is 553. The molecule has 2 aromatic rings. The minimum Gasteiger partial charge on any atom is -0.493 e. The molecule has 0 unspecified atom stereocenters. The molecule has 0 aliphatic heterocycles. The lowest BCUT2D eigenvalue weighted by Gasteiger charge is -2.06. The normalized spacial score (nSPS) is 11.2. The monoisotopic (exact) mass is 258 g/mol. The van der Waals surface area contributed by atoms with E-state index >= 15 is 0 Å². The van der Waals surface area contributed by atoms with Gasteiger partial charge in [0.25, 0.3) is 0 Å². The molecule has 0 fully saturated rings. The molecule has 1 aromatic heterocycles. The molecule has 0 saturated carbocycles. The molecule has 0 amide bonds. The summed E-state index contributed by atoms with van der Waals surface area (Å²) in [6.07, 6.45) is 1.85. The van der Waals surface area contributed by atoms with E-state index in [2.05, 4.69) is 43.2 Å². The van der Waals surface area contributed by atoms with E-state index < -0.39 is 0 Å². The third-order valence-electron chi connectivity index (χ3n) is 3.29. The van der Waals surface area contributed by atoms with Crippen molar-refractivity contribution in [1.82, 2.24) is 9.78 Å². The van der Waals surface area contributed by atoms with Crippen LogP contribution in [0.1, 0.15) is 44.4 Å². The maximum Gasteiger partial charge on any atom is 0.213 e. The van der Waals surface area contributed by atoms with Gasteiger partial charge in [-0.3, -0.25) is 0 Å². The zero-order valence-electron chi connectivity index (χ0n) is 12.1. The molecule has 1 N–H and O–H groups in total. The Balaban J connectivity index is 2.54. The third-order valence-corrected chi connectivity index (χ3v) is 3.29. The van der Waals surface area contributed by atoms with Crippen LogP contribution in [0, 0.1) is 6.92 Å². The predicted octanol–water partition coefficient (Wildman–Crippen LogP) is 4.10. The average Bonchev–Trinajstić information content (AvgIpc) is 2.69. The molecule has 1 heterocycles. The van der Waals surface area contributed by atoms with Crippen LogP contribution in [0.5, 0.6) is 5.88 Å². The van der Waals surface area contributed by atoms with Crippen LogP contribution < -0.4 is 0 Å². The molecule has 2 rings (SSSR count). The molecule has 3 heteroatoms. The Hall–Kier alpha value is -1.77. The van der Waals surface area contributed by atoms with Gasteiger partial charge in [-0.2, -0.15) is 5.10 Å². The molecular weight excluding hydrogens is 236 g/mol. The number of hydrogen-bond donors (Lipinski definition) is 1. The van der Waals surface area contributed by atoms with Crippen LogP contribution in [-0.2, 0) is 6.42 Å². The predicted molar refractivity (Wildman–Crippen MR) is 78.4 cm³/mol. The first-order valence-corrected chi connectivity index (χ1v) is 6.92. The van der Waals surface area contributed by atoms with Gasteiger partial charge in [-0.25, -0.2) is 4.68 Å². The first-order chi connectivity index (χ1) is 9.04. The first kappa shape index (κ1) is 13.7. The fourth-order valence-electron chi connectivity index (χ4n) is 2.24. The summed E-state index contributed by atoms with van der Waals surface area (Å²) in [5.74, 6) is 0.312. The molecule has 0 atom stereocenters. The zero-order chi connectivity index (χ0) is 14.0. The number of aryl methyl sites for hydroxylation is 1. The lowest BCUT2D eigenvalue weighted by Crippen LogP contribution is -2.02. The van der Waals surface area contributed by atoms with Crippen molar-refractivity contribution in [2.45, 2.75) is 46.6 Å². The Morgan fingerprint density at radius 1 is 1.21 bits per heavy atom. The van der Waals surface area contributed by atoms with Crippen molar-refractivity contribution < 1.29 is 5.11 Å². The summed E-state index contributed by atoms with van der Waals surface area (Å²) >= 11 is 0. The van der Waals surface area contributed by atoms with Gasteiger partial charge in [-0.05, 0) is 27.2 Å². The maximum absolute atomic E-state index is 10.3.